The predicted octanol–water partition coefficient (Wildman–Crippen LogP) is 8.56. The second kappa shape index (κ2) is 12.7. The Morgan fingerprint density at radius 2 is 1.24 bits per heavy atom. The lowest BCUT2D eigenvalue weighted by atomic mass is 9.81. The number of nitrogens with one attached hydrogen (secondary N) is 1. The second-order valence-corrected chi connectivity index (χ2v) is 10.4. The molecule has 3 N–H and O–H groups in total. The molecule has 4 heteroatoms. The van der Waals surface area contributed by atoms with Crippen LogP contribution in [0.15, 0.2) is 54.6 Å². The van der Waals surface area contributed by atoms with Crippen LogP contribution in [0.3, 0.4) is 0 Å². The lowest BCUT2D eigenvalue weighted by Gasteiger charge is -2.23. The number of carbonyl (C=O) groups is 2. The van der Waals surface area contributed by atoms with Crippen LogP contribution in [-0.2, 0) is 6.42 Å². The van der Waals surface area contributed by atoms with E-state index in [-0.39, 0.29) is 11.6 Å². The summed E-state index contributed by atoms with van der Waals surface area (Å²) in [6, 6.07) is 17.2. The summed E-state index contributed by atoms with van der Waals surface area (Å²) in [5, 5.41) is 3.39. The van der Waals surface area contributed by atoms with E-state index in [1.165, 1.54) is 69.8 Å². The number of hydrogen-bond acceptors (Lipinski definition) is 4. The van der Waals surface area contributed by atoms with Crippen LogP contribution in [0.5, 0.6) is 0 Å². The van der Waals surface area contributed by atoms with E-state index in [2.05, 4.69) is 24.4 Å². The van der Waals surface area contributed by atoms with E-state index < -0.39 is 0 Å². The number of hydrogen-bond donors (Lipinski definition) is 2. The van der Waals surface area contributed by atoms with Gasteiger partial charge < -0.3 is 11.1 Å². The van der Waals surface area contributed by atoms with Crippen molar-refractivity contribution in [3.05, 3.63) is 88.0 Å². The fraction of sp³-hybridized carbons (Fsp3) is 0.394. The summed E-state index contributed by atoms with van der Waals surface area (Å²) < 4.78 is 0. The maximum absolute atomic E-state index is 13.4. The average molecular weight is 497 g/mol. The molecule has 0 unspecified atom stereocenters. The highest BCUT2D eigenvalue weighted by Gasteiger charge is 2.34. The fourth-order valence-corrected chi connectivity index (χ4v) is 5.28. The molecular formula is C33H40N2O2. The predicted molar refractivity (Wildman–Crippen MR) is 154 cm³/mol. The molecule has 1 aliphatic rings. The summed E-state index contributed by atoms with van der Waals surface area (Å²) in [5.74, 6) is -0.363. The van der Waals surface area contributed by atoms with Crippen LogP contribution in [0.25, 0.3) is 0 Å². The summed E-state index contributed by atoms with van der Waals surface area (Å²) in [6.45, 7) is 4.14. The normalized spacial score (nSPS) is 12.4. The smallest absolute Gasteiger partial charge is 0.196 e. The van der Waals surface area contributed by atoms with Gasteiger partial charge in [-0.25, -0.2) is 0 Å². The molecule has 4 nitrogen and oxygen atoms in total. The van der Waals surface area contributed by atoms with Crippen molar-refractivity contribution in [2.24, 2.45) is 0 Å². The molecule has 0 amide bonds. The van der Waals surface area contributed by atoms with Crippen LogP contribution in [0.1, 0.15) is 114 Å². The van der Waals surface area contributed by atoms with E-state index in [1.54, 1.807) is 24.3 Å². The first-order valence-electron chi connectivity index (χ1n) is 14.0. The molecule has 0 spiro atoms. The van der Waals surface area contributed by atoms with Gasteiger partial charge in [0.1, 0.15) is 0 Å². The van der Waals surface area contributed by atoms with Crippen LogP contribution in [-0.4, -0.2) is 11.6 Å². The van der Waals surface area contributed by atoms with Crippen LogP contribution in [0.4, 0.5) is 17.1 Å². The van der Waals surface area contributed by atoms with E-state index >= 15 is 0 Å². The van der Waals surface area contributed by atoms with Gasteiger partial charge in [-0.05, 0) is 49.1 Å². The number of unbranched alkanes of at least 4 members (excludes halogenated alkanes) is 9. The number of ketones is 2. The SMILES string of the molecule is CCCCCCCCCCCCc1ccc(Nc2cc(C)c(N)c3c2C(=O)c2ccccc2C3=O)cc1. The number of rotatable bonds is 13. The van der Waals surface area contributed by atoms with Gasteiger partial charge in [0.05, 0.1) is 16.8 Å². The molecule has 1 aliphatic carbocycles. The molecule has 0 heterocycles. The Morgan fingerprint density at radius 1 is 0.703 bits per heavy atom. The topological polar surface area (TPSA) is 72.2 Å². The lowest BCUT2D eigenvalue weighted by Crippen LogP contribution is -2.24. The molecule has 37 heavy (non-hydrogen) atoms. The maximum atomic E-state index is 13.4. The van der Waals surface area contributed by atoms with Gasteiger partial charge in [-0.2, -0.15) is 0 Å². The van der Waals surface area contributed by atoms with Crippen molar-refractivity contribution in [2.75, 3.05) is 11.1 Å². The summed E-state index contributed by atoms with van der Waals surface area (Å²) >= 11 is 0. The van der Waals surface area contributed by atoms with Gasteiger partial charge in [-0.1, -0.05) is 101 Å². The van der Waals surface area contributed by atoms with Crippen molar-refractivity contribution in [1.29, 1.82) is 0 Å². The number of nitrogens with two attached hydrogens (primary N) is 1. The number of carbonyl (C=O) groups excluding carboxylic acids is 2. The van der Waals surface area contributed by atoms with Crippen molar-refractivity contribution in [2.45, 2.75) is 84.5 Å². The Morgan fingerprint density at radius 3 is 1.84 bits per heavy atom. The zero-order valence-electron chi connectivity index (χ0n) is 22.4. The Bertz CT molecular complexity index is 1240. The van der Waals surface area contributed by atoms with Crippen LogP contribution >= 0.6 is 0 Å². The first-order chi connectivity index (χ1) is 18.0. The summed E-state index contributed by atoms with van der Waals surface area (Å²) in [6.07, 6.45) is 14.5. The highest BCUT2D eigenvalue weighted by atomic mass is 16.1. The molecule has 0 saturated carbocycles. The average Bonchev–Trinajstić information content (AvgIpc) is 2.91. The Labute approximate surface area is 221 Å². The first-order valence-corrected chi connectivity index (χ1v) is 14.0. The number of aryl methyl sites for hydroxylation is 2. The van der Waals surface area contributed by atoms with Crippen molar-refractivity contribution in [1.82, 2.24) is 0 Å². The van der Waals surface area contributed by atoms with Crippen molar-refractivity contribution < 1.29 is 9.59 Å². The molecule has 4 rings (SSSR count). The van der Waals surface area contributed by atoms with E-state index in [0.717, 1.165) is 17.7 Å². The first kappa shape index (κ1) is 26.7. The molecular weight excluding hydrogens is 456 g/mol. The van der Waals surface area contributed by atoms with Crippen molar-refractivity contribution >= 4 is 28.6 Å². The van der Waals surface area contributed by atoms with Gasteiger partial charge in [-0.15, -0.1) is 0 Å². The van der Waals surface area contributed by atoms with Crippen molar-refractivity contribution in [3.8, 4) is 0 Å². The minimum absolute atomic E-state index is 0.169. The van der Waals surface area contributed by atoms with Crippen LogP contribution < -0.4 is 11.1 Å². The number of fused-ring (bicyclic) bond motifs is 2. The molecule has 0 aromatic heterocycles. The van der Waals surface area contributed by atoms with E-state index in [9.17, 15) is 9.59 Å². The Kier molecular flexibility index (Phi) is 9.16. The second-order valence-electron chi connectivity index (χ2n) is 10.4. The zero-order chi connectivity index (χ0) is 26.2. The fourth-order valence-electron chi connectivity index (χ4n) is 5.28. The van der Waals surface area contributed by atoms with Gasteiger partial charge in [0, 0.05) is 22.5 Å². The number of benzene rings is 3. The molecule has 0 saturated heterocycles. The van der Waals surface area contributed by atoms with Gasteiger partial charge in [0.2, 0.25) is 0 Å². The quantitative estimate of drug-likeness (QED) is 0.144. The Hall–Kier alpha value is -3.40. The zero-order valence-corrected chi connectivity index (χ0v) is 22.4. The third kappa shape index (κ3) is 6.30. The van der Waals surface area contributed by atoms with E-state index in [0.29, 0.717) is 33.6 Å². The number of nitrogen functional groups attached to an aromatic ring is 1. The highest BCUT2D eigenvalue weighted by molar-refractivity contribution is 6.32. The largest absolute Gasteiger partial charge is 0.398 e. The summed E-state index contributed by atoms with van der Waals surface area (Å²) in [4.78, 5) is 26.7. The van der Waals surface area contributed by atoms with Gasteiger partial charge in [-0.3, -0.25) is 9.59 Å². The maximum Gasteiger partial charge on any atom is 0.196 e. The van der Waals surface area contributed by atoms with Gasteiger partial charge >= 0.3 is 0 Å². The highest BCUT2D eigenvalue weighted by Crippen LogP contribution is 2.38. The van der Waals surface area contributed by atoms with Crippen LogP contribution in [0, 0.1) is 6.92 Å². The van der Waals surface area contributed by atoms with Gasteiger partial charge in [0.15, 0.2) is 11.6 Å². The standard InChI is InChI=1S/C33H40N2O2/c1-3-4-5-6-7-8-9-10-11-12-15-24-18-20-25(21-19-24)35-28-22-23(2)31(34)30-29(28)32(36)26-16-13-14-17-27(26)33(30)37/h13-14,16-22,35H,3-12,15,34H2,1-2H3. The third-order valence-corrected chi connectivity index (χ3v) is 7.50. The molecule has 0 aliphatic heterocycles. The summed E-state index contributed by atoms with van der Waals surface area (Å²) in [7, 11) is 0. The lowest BCUT2D eigenvalue weighted by molar-refractivity contribution is 0.0980. The molecule has 0 fully saturated rings. The molecule has 3 aromatic rings. The molecule has 3 aromatic carbocycles. The minimum atomic E-state index is -0.193. The van der Waals surface area contributed by atoms with E-state index in [1.807, 2.05) is 25.1 Å². The van der Waals surface area contributed by atoms with Crippen LogP contribution in [0.2, 0.25) is 0 Å². The third-order valence-electron chi connectivity index (χ3n) is 7.50. The van der Waals surface area contributed by atoms with Gasteiger partial charge in [0.25, 0.3) is 0 Å². The molecule has 0 bridgehead atoms. The minimum Gasteiger partial charge on any atom is -0.398 e. The van der Waals surface area contributed by atoms with Crippen molar-refractivity contribution in [3.63, 3.8) is 0 Å². The molecule has 194 valence electrons. The van der Waals surface area contributed by atoms with E-state index in [4.69, 9.17) is 5.73 Å². The monoisotopic (exact) mass is 496 g/mol. The summed E-state index contributed by atoms with van der Waals surface area (Å²) in [5.41, 5.74) is 11.8. The Balaban J connectivity index is 1.36. The number of anilines is 3. The molecule has 0 atom stereocenters. The molecule has 0 radical (unpaired) electrons.